The summed E-state index contributed by atoms with van der Waals surface area (Å²) in [6.07, 6.45) is 7.75. The van der Waals surface area contributed by atoms with Crippen LogP contribution in [0.25, 0.3) is 0 Å². The molecule has 1 spiro atoms. The zero-order chi connectivity index (χ0) is 17.2. The first-order valence-corrected chi connectivity index (χ1v) is 8.28. The van der Waals surface area contributed by atoms with Crippen molar-refractivity contribution in [2.75, 3.05) is 12.4 Å². The third kappa shape index (κ3) is 3.27. The molecule has 0 bridgehead atoms. The fourth-order valence-corrected chi connectivity index (χ4v) is 3.59. The van der Waals surface area contributed by atoms with Gasteiger partial charge in [-0.1, -0.05) is 6.42 Å². The van der Waals surface area contributed by atoms with Crippen molar-refractivity contribution in [2.45, 2.75) is 50.7 Å². The van der Waals surface area contributed by atoms with E-state index in [1.54, 1.807) is 13.2 Å². The Morgan fingerprint density at radius 2 is 2.12 bits per heavy atom. The number of nitrogens with zero attached hydrogens (tertiary/aromatic N) is 2. The molecule has 0 aromatic carbocycles. The van der Waals surface area contributed by atoms with E-state index in [9.17, 15) is 14.4 Å². The van der Waals surface area contributed by atoms with Crippen molar-refractivity contribution in [3.8, 4) is 0 Å². The number of anilines is 1. The molecule has 1 saturated carbocycles. The number of rotatable bonds is 4. The average molecular weight is 334 g/mol. The van der Waals surface area contributed by atoms with Crippen LogP contribution in [0, 0.1) is 5.92 Å². The number of carbonyl (C=O) groups excluding carboxylic acids is 3. The number of ether oxygens (including phenoxy) is 1. The van der Waals surface area contributed by atoms with Gasteiger partial charge in [-0.2, -0.15) is 5.10 Å². The summed E-state index contributed by atoms with van der Waals surface area (Å²) in [5.41, 5.74) is -0.133. The fourth-order valence-electron chi connectivity index (χ4n) is 3.59. The molecule has 1 aliphatic carbocycles. The summed E-state index contributed by atoms with van der Waals surface area (Å²) in [6, 6.07) is 0. The molecule has 8 heteroatoms. The number of aromatic nitrogens is 2. The molecule has 2 N–H and O–H groups in total. The van der Waals surface area contributed by atoms with E-state index in [0.29, 0.717) is 5.69 Å². The molecular formula is C16H22N4O4. The normalized spacial score (nSPS) is 22.2. The zero-order valence-corrected chi connectivity index (χ0v) is 13.7. The van der Waals surface area contributed by atoms with Gasteiger partial charge < -0.3 is 15.4 Å². The molecule has 130 valence electrons. The molecule has 1 atom stereocenters. The van der Waals surface area contributed by atoms with Crippen LogP contribution in [0.15, 0.2) is 12.4 Å². The molecule has 2 aliphatic rings. The minimum absolute atomic E-state index is 0.0847. The summed E-state index contributed by atoms with van der Waals surface area (Å²) >= 11 is 0. The average Bonchev–Trinajstić information content (AvgIpc) is 3.12. The second-order valence-electron chi connectivity index (χ2n) is 6.45. The highest BCUT2D eigenvalue weighted by molar-refractivity contribution is 5.96. The van der Waals surface area contributed by atoms with Gasteiger partial charge in [0.25, 0.3) is 0 Å². The number of nitrogens with one attached hydrogen (secondary N) is 2. The lowest BCUT2D eigenvalue weighted by Crippen LogP contribution is -2.43. The summed E-state index contributed by atoms with van der Waals surface area (Å²) in [5.74, 6) is -1.16. The Morgan fingerprint density at radius 3 is 2.83 bits per heavy atom. The number of esters is 1. The number of hydrogen-bond donors (Lipinski definition) is 2. The van der Waals surface area contributed by atoms with Crippen LogP contribution in [0.2, 0.25) is 0 Å². The Morgan fingerprint density at radius 1 is 1.38 bits per heavy atom. The van der Waals surface area contributed by atoms with Gasteiger partial charge in [-0.3, -0.25) is 19.1 Å². The van der Waals surface area contributed by atoms with Crippen LogP contribution in [-0.2, 0) is 25.7 Å². The van der Waals surface area contributed by atoms with Crippen molar-refractivity contribution in [1.29, 1.82) is 0 Å². The Bertz CT molecular complexity index is 648. The highest BCUT2D eigenvalue weighted by Gasteiger charge is 2.52. The van der Waals surface area contributed by atoms with E-state index in [1.807, 2.05) is 0 Å². The van der Waals surface area contributed by atoms with E-state index in [1.165, 1.54) is 10.9 Å². The Balaban J connectivity index is 1.67. The number of amides is 2. The summed E-state index contributed by atoms with van der Waals surface area (Å²) in [4.78, 5) is 35.8. The van der Waals surface area contributed by atoms with Gasteiger partial charge in [0.15, 0.2) is 0 Å². The molecule has 2 fully saturated rings. The molecule has 2 amide bonds. The lowest BCUT2D eigenvalue weighted by atomic mass is 9.75. The quantitative estimate of drug-likeness (QED) is 0.794. The van der Waals surface area contributed by atoms with Crippen molar-refractivity contribution in [3.63, 3.8) is 0 Å². The Labute approximate surface area is 139 Å². The Kier molecular flexibility index (Phi) is 4.55. The molecular weight excluding hydrogens is 312 g/mol. The first kappa shape index (κ1) is 16.5. The Hall–Kier alpha value is -2.38. The maximum Gasteiger partial charge on any atom is 0.307 e. The second-order valence-corrected chi connectivity index (χ2v) is 6.45. The van der Waals surface area contributed by atoms with E-state index in [0.717, 1.165) is 32.1 Å². The molecule has 24 heavy (non-hydrogen) atoms. The first-order valence-electron chi connectivity index (χ1n) is 8.28. The van der Waals surface area contributed by atoms with Crippen molar-refractivity contribution in [2.24, 2.45) is 5.92 Å². The summed E-state index contributed by atoms with van der Waals surface area (Å²) in [7, 11) is 1.55. The lowest BCUT2D eigenvalue weighted by Gasteiger charge is -2.35. The number of likely N-dealkylation sites (N-methyl/N-ethyl adjacent to an activating group) is 1. The fraction of sp³-hybridized carbons (Fsp3) is 0.625. The number of carbonyl (C=O) groups is 3. The molecule has 1 aromatic rings. The third-order valence-electron chi connectivity index (χ3n) is 4.82. The van der Waals surface area contributed by atoms with Gasteiger partial charge in [0.1, 0.15) is 12.1 Å². The van der Waals surface area contributed by atoms with E-state index in [-0.39, 0.29) is 30.7 Å². The second kappa shape index (κ2) is 6.62. The SMILES string of the molecule is CNC(=O)Cn1cc(NC(=O)C2CC(=O)OC23CCCCC3)cn1. The predicted molar refractivity (Wildman–Crippen MR) is 84.9 cm³/mol. The van der Waals surface area contributed by atoms with Crippen LogP contribution in [0.3, 0.4) is 0 Å². The van der Waals surface area contributed by atoms with Gasteiger partial charge >= 0.3 is 5.97 Å². The van der Waals surface area contributed by atoms with Crippen LogP contribution < -0.4 is 10.6 Å². The lowest BCUT2D eigenvalue weighted by molar-refractivity contribution is -0.153. The molecule has 3 rings (SSSR count). The van der Waals surface area contributed by atoms with Gasteiger partial charge in [-0.25, -0.2) is 0 Å². The molecule has 1 aromatic heterocycles. The maximum atomic E-state index is 12.7. The van der Waals surface area contributed by atoms with Gasteiger partial charge in [0.05, 0.1) is 24.2 Å². The monoisotopic (exact) mass is 334 g/mol. The maximum absolute atomic E-state index is 12.7. The molecule has 1 saturated heterocycles. The molecule has 1 unspecified atom stereocenters. The zero-order valence-electron chi connectivity index (χ0n) is 13.7. The van der Waals surface area contributed by atoms with Crippen LogP contribution in [0.5, 0.6) is 0 Å². The van der Waals surface area contributed by atoms with Gasteiger partial charge in [0.2, 0.25) is 11.8 Å². The smallest absolute Gasteiger partial charge is 0.307 e. The third-order valence-corrected chi connectivity index (χ3v) is 4.82. The van der Waals surface area contributed by atoms with E-state index in [2.05, 4.69) is 15.7 Å². The van der Waals surface area contributed by atoms with Crippen molar-refractivity contribution >= 4 is 23.5 Å². The van der Waals surface area contributed by atoms with Crippen molar-refractivity contribution in [3.05, 3.63) is 12.4 Å². The van der Waals surface area contributed by atoms with Crippen LogP contribution in [-0.4, -0.2) is 40.2 Å². The van der Waals surface area contributed by atoms with Crippen molar-refractivity contribution in [1.82, 2.24) is 15.1 Å². The summed E-state index contributed by atoms with van der Waals surface area (Å²) in [5, 5.41) is 9.36. The van der Waals surface area contributed by atoms with Gasteiger partial charge in [0, 0.05) is 13.2 Å². The standard InChI is InChI=1S/C16H22N4O4/c1-17-13(21)10-20-9-11(8-18-20)19-15(23)12-7-14(22)24-16(12)5-3-2-4-6-16/h8-9,12H,2-7,10H2,1H3,(H,17,21)(H,19,23). The van der Waals surface area contributed by atoms with Crippen LogP contribution >= 0.6 is 0 Å². The topological polar surface area (TPSA) is 102 Å². The van der Waals surface area contributed by atoms with Crippen LogP contribution in [0.1, 0.15) is 38.5 Å². The van der Waals surface area contributed by atoms with Gasteiger partial charge in [-0.05, 0) is 25.7 Å². The predicted octanol–water partition coefficient (Wildman–Crippen LogP) is 0.834. The number of hydrogen-bond acceptors (Lipinski definition) is 5. The highest BCUT2D eigenvalue weighted by atomic mass is 16.6. The first-order chi connectivity index (χ1) is 11.5. The molecule has 8 nitrogen and oxygen atoms in total. The van der Waals surface area contributed by atoms with E-state index >= 15 is 0 Å². The van der Waals surface area contributed by atoms with E-state index < -0.39 is 11.5 Å². The van der Waals surface area contributed by atoms with Gasteiger partial charge in [-0.15, -0.1) is 0 Å². The summed E-state index contributed by atoms with van der Waals surface area (Å²) < 4.78 is 7.01. The van der Waals surface area contributed by atoms with Crippen molar-refractivity contribution < 1.29 is 19.1 Å². The minimum atomic E-state index is -0.641. The van der Waals surface area contributed by atoms with Crippen LogP contribution in [0.4, 0.5) is 5.69 Å². The molecule has 1 aliphatic heterocycles. The minimum Gasteiger partial charge on any atom is -0.458 e. The highest BCUT2D eigenvalue weighted by Crippen LogP contribution is 2.44. The summed E-state index contributed by atoms with van der Waals surface area (Å²) in [6.45, 7) is 0.0847. The largest absolute Gasteiger partial charge is 0.458 e. The molecule has 2 heterocycles. The van der Waals surface area contributed by atoms with E-state index in [4.69, 9.17) is 4.74 Å². The molecule has 0 radical (unpaired) electrons.